The molecule has 1 aliphatic rings. The molecule has 0 aromatic carbocycles. The van der Waals surface area contributed by atoms with Crippen LogP contribution >= 0.6 is 0 Å². The maximum absolute atomic E-state index is 9.39. The predicted molar refractivity (Wildman–Crippen MR) is 43.9 cm³/mol. The molecule has 13 heavy (non-hydrogen) atoms. The van der Waals surface area contributed by atoms with Gasteiger partial charge in [-0.25, -0.2) is 0 Å². The molecule has 5 nitrogen and oxygen atoms in total. The third-order valence-electron chi connectivity index (χ3n) is 1.86. The fourth-order valence-corrected chi connectivity index (χ4v) is 1.14. The summed E-state index contributed by atoms with van der Waals surface area (Å²) in [5.74, 6) is 0. The van der Waals surface area contributed by atoms with Crippen molar-refractivity contribution in [2.45, 2.75) is 24.6 Å². The van der Waals surface area contributed by atoms with Crippen LogP contribution in [0.4, 0.5) is 0 Å². The highest BCUT2D eigenvalue weighted by Gasteiger charge is 2.38. The van der Waals surface area contributed by atoms with E-state index in [1.165, 1.54) is 6.08 Å². The van der Waals surface area contributed by atoms with Crippen molar-refractivity contribution in [3.63, 3.8) is 0 Å². The van der Waals surface area contributed by atoms with E-state index < -0.39 is 24.6 Å². The van der Waals surface area contributed by atoms with Gasteiger partial charge in [-0.05, 0) is 0 Å². The minimum Gasteiger partial charge on any atom is -0.388 e. The van der Waals surface area contributed by atoms with Gasteiger partial charge in [0.2, 0.25) is 0 Å². The van der Waals surface area contributed by atoms with Crippen molar-refractivity contribution < 1.29 is 24.8 Å². The lowest BCUT2D eigenvalue weighted by atomic mass is 10.1. The summed E-state index contributed by atoms with van der Waals surface area (Å²) in [5.41, 5.74) is 0. The van der Waals surface area contributed by atoms with E-state index in [4.69, 9.17) is 9.47 Å². The van der Waals surface area contributed by atoms with Crippen molar-refractivity contribution >= 4 is 0 Å². The second kappa shape index (κ2) is 4.69. The highest BCUT2D eigenvalue weighted by molar-refractivity contribution is 4.84. The number of aliphatic hydroxyl groups excluding tert-OH is 3. The lowest BCUT2D eigenvalue weighted by molar-refractivity contribution is -0.262. The minimum atomic E-state index is -1.20. The summed E-state index contributed by atoms with van der Waals surface area (Å²) in [6.45, 7) is 3.52. The molecular weight excluding hydrogens is 176 g/mol. The zero-order valence-corrected chi connectivity index (χ0v) is 7.17. The highest BCUT2D eigenvalue weighted by Crippen LogP contribution is 2.16. The summed E-state index contributed by atoms with van der Waals surface area (Å²) in [7, 11) is 0. The van der Waals surface area contributed by atoms with E-state index in [-0.39, 0.29) is 13.2 Å². The number of aliphatic hydroxyl groups is 3. The first-order valence-corrected chi connectivity index (χ1v) is 4.05. The molecule has 4 atom stereocenters. The summed E-state index contributed by atoms with van der Waals surface area (Å²) in [5, 5.41) is 27.8. The smallest absolute Gasteiger partial charge is 0.183 e. The third-order valence-corrected chi connectivity index (χ3v) is 1.86. The van der Waals surface area contributed by atoms with Gasteiger partial charge < -0.3 is 24.8 Å². The average Bonchev–Trinajstić information content (AvgIpc) is 2.12. The first-order valence-electron chi connectivity index (χ1n) is 4.05. The minimum absolute atomic E-state index is 0.0870. The lowest BCUT2D eigenvalue weighted by Gasteiger charge is -2.34. The average molecular weight is 190 g/mol. The second-order valence-electron chi connectivity index (χ2n) is 2.87. The van der Waals surface area contributed by atoms with Crippen LogP contribution in [0.2, 0.25) is 0 Å². The Morgan fingerprint density at radius 3 is 2.77 bits per heavy atom. The van der Waals surface area contributed by atoms with Crippen LogP contribution in [0.1, 0.15) is 0 Å². The van der Waals surface area contributed by atoms with Crippen LogP contribution in [0.5, 0.6) is 0 Å². The zero-order valence-electron chi connectivity index (χ0n) is 7.17. The van der Waals surface area contributed by atoms with E-state index >= 15 is 0 Å². The van der Waals surface area contributed by atoms with Crippen LogP contribution in [-0.2, 0) is 9.47 Å². The lowest BCUT2D eigenvalue weighted by Crippen LogP contribution is -2.54. The van der Waals surface area contributed by atoms with Gasteiger partial charge in [-0.15, -0.1) is 6.58 Å². The Morgan fingerprint density at radius 2 is 2.15 bits per heavy atom. The molecule has 76 valence electrons. The SMILES string of the molecule is C=CCO[C@H]1C(O)OC[C@@H](O)[C@@H]1O. The summed E-state index contributed by atoms with van der Waals surface area (Å²) < 4.78 is 9.78. The fraction of sp³-hybridized carbons (Fsp3) is 0.750. The van der Waals surface area contributed by atoms with E-state index in [2.05, 4.69) is 6.58 Å². The van der Waals surface area contributed by atoms with E-state index in [9.17, 15) is 15.3 Å². The molecule has 0 aliphatic carbocycles. The van der Waals surface area contributed by atoms with Gasteiger partial charge in [0.1, 0.15) is 18.3 Å². The molecule has 0 bridgehead atoms. The van der Waals surface area contributed by atoms with Gasteiger partial charge in [-0.3, -0.25) is 0 Å². The van der Waals surface area contributed by atoms with Gasteiger partial charge in [0.25, 0.3) is 0 Å². The summed E-state index contributed by atoms with van der Waals surface area (Å²) in [4.78, 5) is 0. The number of hydrogen-bond acceptors (Lipinski definition) is 5. The van der Waals surface area contributed by atoms with Crippen molar-refractivity contribution in [1.82, 2.24) is 0 Å². The summed E-state index contributed by atoms with van der Waals surface area (Å²) >= 11 is 0. The highest BCUT2D eigenvalue weighted by atomic mass is 16.6. The van der Waals surface area contributed by atoms with Crippen LogP contribution in [0.3, 0.4) is 0 Å². The molecule has 1 unspecified atom stereocenters. The molecule has 0 saturated carbocycles. The standard InChI is InChI=1S/C8H14O5/c1-2-3-12-7-6(10)5(9)4-13-8(7)11/h2,5-11H,1,3-4H2/t5-,6+,7-,8?/m1/s1. The monoisotopic (exact) mass is 190 g/mol. The van der Waals surface area contributed by atoms with Crippen molar-refractivity contribution in [3.8, 4) is 0 Å². The van der Waals surface area contributed by atoms with Crippen LogP contribution in [0.15, 0.2) is 12.7 Å². The Bertz CT molecular complexity index is 172. The number of hydrogen-bond donors (Lipinski definition) is 3. The molecule has 1 heterocycles. The molecule has 1 aliphatic heterocycles. The van der Waals surface area contributed by atoms with Crippen LogP contribution in [0.25, 0.3) is 0 Å². The molecule has 1 rings (SSSR count). The van der Waals surface area contributed by atoms with Gasteiger partial charge in [-0.2, -0.15) is 0 Å². The maximum atomic E-state index is 9.39. The van der Waals surface area contributed by atoms with E-state index in [0.717, 1.165) is 0 Å². The van der Waals surface area contributed by atoms with Crippen molar-refractivity contribution in [2.75, 3.05) is 13.2 Å². The first-order chi connectivity index (χ1) is 6.16. The van der Waals surface area contributed by atoms with Crippen molar-refractivity contribution in [3.05, 3.63) is 12.7 Å². The van der Waals surface area contributed by atoms with Gasteiger partial charge in [-0.1, -0.05) is 6.08 Å². The predicted octanol–water partition coefficient (Wildman–Crippen LogP) is -1.37. The van der Waals surface area contributed by atoms with Crippen molar-refractivity contribution in [2.24, 2.45) is 0 Å². The maximum Gasteiger partial charge on any atom is 0.183 e. The zero-order chi connectivity index (χ0) is 9.84. The van der Waals surface area contributed by atoms with Crippen LogP contribution in [0, 0.1) is 0 Å². The first kappa shape index (κ1) is 10.6. The normalized spacial score (nSPS) is 40.2. The Balaban J connectivity index is 2.50. The van der Waals surface area contributed by atoms with E-state index in [1.54, 1.807) is 0 Å². The topological polar surface area (TPSA) is 79.2 Å². The Kier molecular flexibility index (Phi) is 3.83. The van der Waals surface area contributed by atoms with Gasteiger partial charge >= 0.3 is 0 Å². The van der Waals surface area contributed by atoms with Crippen molar-refractivity contribution in [1.29, 1.82) is 0 Å². The van der Waals surface area contributed by atoms with Gasteiger partial charge in [0.05, 0.1) is 13.2 Å². The Hall–Kier alpha value is -0.460. The molecule has 5 heteroatoms. The van der Waals surface area contributed by atoms with Gasteiger partial charge in [0, 0.05) is 0 Å². The van der Waals surface area contributed by atoms with Gasteiger partial charge in [0.15, 0.2) is 6.29 Å². The van der Waals surface area contributed by atoms with E-state index in [1.807, 2.05) is 0 Å². The van der Waals surface area contributed by atoms with Crippen LogP contribution in [-0.4, -0.2) is 53.1 Å². The molecule has 0 amide bonds. The molecular formula is C8H14O5. The quantitative estimate of drug-likeness (QED) is 0.478. The Labute approximate surface area is 76.2 Å². The third kappa shape index (κ3) is 2.49. The second-order valence-corrected chi connectivity index (χ2v) is 2.87. The number of ether oxygens (including phenoxy) is 2. The van der Waals surface area contributed by atoms with Crippen LogP contribution < -0.4 is 0 Å². The molecule has 0 radical (unpaired) electrons. The fourth-order valence-electron chi connectivity index (χ4n) is 1.14. The molecule has 1 fully saturated rings. The molecule has 0 spiro atoms. The molecule has 0 aromatic heterocycles. The van der Waals surface area contributed by atoms with E-state index in [0.29, 0.717) is 0 Å². The summed E-state index contributed by atoms with van der Waals surface area (Å²) in [6.07, 6.45) is -2.76. The number of rotatable bonds is 3. The largest absolute Gasteiger partial charge is 0.388 e. The summed E-state index contributed by atoms with van der Waals surface area (Å²) in [6, 6.07) is 0. The Morgan fingerprint density at radius 1 is 1.46 bits per heavy atom. The molecule has 3 N–H and O–H groups in total. The molecule has 0 aromatic rings. The molecule has 1 saturated heterocycles.